The Balaban J connectivity index is 2.77. The van der Waals surface area contributed by atoms with E-state index in [9.17, 15) is 79.4 Å². The fourth-order valence-corrected chi connectivity index (χ4v) is 5.44. The normalized spacial score (nSPS) is 37.9. The van der Waals surface area contributed by atoms with Crippen LogP contribution in [0.3, 0.4) is 0 Å². The fourth-order valence-electron chi connectivity index (χ4n) is 5.44. The van der Waals surface area contributed by atoms with E-state index in [0.717, 1.165) is 0 Å². The molecule has 2 atom stereocenters. The second kappa shape index (κ2) is 9.45. The van der Waals surface area contributed by atoms with E-state index in [-0.39, 0.29) is 0 Å². The smallest absolute Gasteiger partial charge is 0.290 e. The molecule has 0 aromatic carbocycles. The second-order valence-electron chi connectivity index (χ2n) is 10.1. The summed E-state index contributed by atoms with van der Waals surface area (Å²) < 4.78 is 428. The molecule has 2 unspecified atom stereocenters. The average molecular weight is 822 g/mol. The minimum absolute atomic E-state index is 1.21. The highest BCUT2D eigenvalue weighted by atomic mass is 19.4. The summed E-state index contributed by atoms with van der Waals surface area (Å²) in [5.74, 6) is -74.3. The summed E-state index contributed by atoms with van der Waals surface area (Å²) in [6, 6.07) is 0. The summed E-state index contributed by atoms with van der Waals surface area (Å²) in [5.41, 5.74) is -37.8. The molecule has 0 radical (unpaired) electrons. The molecule has 4 nitrogen and oxygen atoms in total. The van der Waals surface area contributed by atoms with Crippen molar-refractivity contribution in [1.29, 1.82) is 0 Å². The summed E-state index contributed by atoms with van der Waals surface area (Å²) in [6.45, 7) is 0. The lowest BCUT2D eigenvalue weighted by Crippen LogP contribution is -3.11. The van der Waals surface area contributed by atoms with Gasteiger partial charge >= 0.3 is 83.0 Å². The number of rotatable bonds is 8. The van der Waals surface area contributed by atoms with Crippen molar-refractivity contribution < 1.29 is 142 Å². The van der Waals surface area contributed by atoms with Gasteiger partial charge in [0.25, 0.3) is 11.2 Å². The van der Waals surface area contributed by atoms with E-state index in [1.807, 2.05) is 0 Å². The van der Waals surface area contributed by atoms with Crippen LogP contribution in [0.2, 0.25) is 0 Å². The van der Waals surface area contributed by atoms with Crippen LogP contribution in [0.5, 0.6) is 0 Å². The predicted octanol–water partition coefficient (Wildman–Crippen LogP) is 8.55. The zero-order chi connectivity index (χ0) is 40.6. The highest BCUT2D eigenvalue weighted by Crippen LogP contribution is 2.89. The Morgan fingerprint density at radius 2 is 0.520 bits per heavy atom. The average Bonchev–Trinajstić information content (AvgIpc) is 2.87. The Labute approximate surface area is 248 Å². The quantitative estimate of drug-likeness (QED) is 0.139. The van der Waals surface area contributed by atoms with Gasteiger partial charge in [0.2, 0.25) is 0 Å². The van der Waals surface area contributed by atoms with Crippen LogP contribution in [0.4, 0.5) is 132 Å². The van der Waals surface area contributed by atoms with Crippen molar-refractivity contribution >= 4 is 0 Å². The number of nitrogens with zero attached hydrogens (tertiary/aromatic N) is 2. The fraction of sp³-hybridized carbons (Fsp3) is 1.00. The molecule has 50 heavy (non-hydrogen) atoms. The molecule has 4 bridgehead atoms. The minimum Gasteiger partial charge on any atom is -0.290 e. The van der Waals surface area contributed by atoms with Crippen LogP contribution in [-0.2, 0) is 9.47 Å². The highest BCUT2D eigenvalue weighted by molar-refractivity contribution is 5.55. The summed E-state index contributed by atoms with van der Waals surface area (Å²) >= 11 is 0. The maximum Gasteiger partial charge on any atom is 0.451 e. The number of hydrogen-bond donors (Lipinski definition) is 0. The third-order valence-corrected chi connectivity index (χ3v) is 7.80. The molecular weight excluding hydrogens is 822 g/mol. The predicted molar refractivity (Wildman–Crippen MR) is 82.8 cm³/mol. The number of hydrogen-bond acceptors (Lipinski definition) is 4. The van der Waals surface area contributed by atoms with Crippen LogP contribution < -0.4 is 0 Å². The second-order valence-corrected chi connectivity index (χ2v) is 10.1. The van der Waals surface area contributed by atoms with E-state index < -0.39 is 105 Å². The summed E-state index contributed by atoms with van der Waals surface area (Å²) in [5, 5.41) is -9.71. The number of alkyl halides is 26. The first-order valence-corrected chi connectivity index (χ1v) is 10.9. The summed E-state index contributed by atoms with van der Waals surface area (Å²) in [7, 11) is 0. The van der Waals surface area contributed by atoms with Gasteiger partial charge in [-0.15, -0.1) is 0 Å². The van der Waals surface area contributed by atoms with Crippen molar-refractivity contribution in [2.75, 3.05) is 0 Å². The molecular formula is C16F30N2O2. The van der Waals surface area contributed by atoms with E-state index in [2.05, 4.69) is 0 Å². The summed E-state index contributed by atoms with van der Waals surface area (Å²) in [4.78, 5) is 0. The molecule has 0 aromatic rings. The van der Waals surface area contributed by atoms with Crippen LogP contribution in [0.15, 0.2) is 0 Å². The zero-order valence-corrected chi connectivity index (χ0v) is 21.0. The van der Waals surface area contributed by atoms with Crippen LogP contribution >= 0.6 is 0 Å². The highest BCUT2D eigenvalue weighted by Gasteiger charge is 3.24. The van der Waals surface area contributed by atoms with Gasteiger partial charge < -0.3 is 0 Å². The Morgan fingerprint density at radius 3 is 0.680 bits per heavy atom. The maximum absolute atomic E-state index is 15.6. The molecule has 4 rings (SSSR count). The number of ether oxygens (including phenoxy) is 2. The molecule has 0 saturated heterocycles. The van der Waals surface area contributed by atoms with Crippen LogP contribution in [0.25, 0.3) is 0 Å². The third kappa shape index (κ3) is 3.33. The van der Waals surface area contributed by atoms with Crippen molar-refractivity contribution in [3.8, 4) is 0 Å². The van der Waals surface area contributed by atoms with Crippen LogP contribution in [0.1, 0.15) is 0 Å². The lowest BCUT2D eigenvalue weighted by molar-refractivity contribution is -0.660. The van der Waals surface area contributed by atoms with E-state index >= 15 is 52.7 Å². The van der Waals surface area contributed by atoms with Gasteiger partial charge in [0.15, 0.2) is 0 Å². The first kappa shape index (κ1) is 42.2. The monoisotopic (exact) mass is 822 g/mol. The first-order chi connectivity index (χ1) is 21.3. The maximum atomic E-state index is 15.6. The Bertz CT molecular complexity index is 1270. The third-order valence-electron chi connectivity index (χ3n) is 7.80. The molecule has 4 aliphatic rings. The van der Waals surface area contributed by atoms with Crippen molar-refractivity contribution in [3.63, 3.8) is 0 Å². The topological polar surface area (TPSA) is 24.9 Å². The molecule has 0 aliphatic heterocycles. The minimum atomic E-state index is -9.79. The molecule has 4 aliphatic carbocycles. The Hall–Kier alpha value is -2.26. The molecule has 34 heteroatoms. The molecule has 296 valence electrons. The molecule has 0 amide bonds. The largest absolute Gasteiger partial charge is 0.451 e. The molecule has 4 fully saturated rings. The van der Waals surface area contributed by atoms with Gasteiger partial charge in [-0.1, -0.05) is 17.9 Å². The lowest BCUT2D eigenvalue weighted by atomic mass is 9.39. The molecule has 0 N–H and O–H groups in total. The SMILES string of the molecule is FN(F)C(F)(C(F)(F)F)C(F)(F)OC12C(F)(F)C3(F)C(F)(F)C(F)(C1(F)F)C(F)(F)C(OC(F)(F)C(F)(N(F)F)C(F)(F)F)(C3(F)F)C2(F)F. The van der Waals surface area contributed by atoms with Gasteiger partial charge in [-0.05, 0) is 0 Å². The lowest BCUT2D eigenvalue weighted by Gasteiger charge is -2.76. The van der Waals surface area contributed by atoms with Crippen molar-refractivity contribution in [3.05, 3.63) is 0 Å². The van der Waals surface area contributed by atoms with E-state index in [0.29, 0.717) is 0 Å². The van der Waals surface area contributed by atoms with Crippen molar-refractivity contribution in [2.45, 2.75) is 94.2 Å². The van der Waals surface area contributed by atoms with E-state index in [4.69, 9.17) is 0 Å². The standard InChI is InChI=1S/C16F30N2O2/c17-1-5(19,20)2(18)8(25,26)3(6(1,21)22,49-15(39,40)11(31,47(43)44)13(33,34)35)10(29,30)4(7(1,23)24,9(2,27)28)50-16(41,42)12(32,48(45)46)14(36,37)38. The van der Waals surface area contributed by atoms with Gasteiger partial charge in [-0.25, -0.2) is 17.6 Å². The van der Waals surface area contributed by atoms with Gasteiger partial charge in [-0.3, -0.25) is 9.47 Å². The van der Waals surface area contributed by atoms with Gasteiger partial charge in [0, 0.05) is 0 Å². The molecule has 0 aromatic heterocycles. The van der Waals surface area contributed by atoms with Crippen molar-refractivity contribution in [2.24, 2.45) is 0 Å². The molecule has 0 heterocycles. The summed E-state index contributed by atoms with van der Waals surface area (Å²) in [6.07, 6.45) is -35.3. The van der Waals surface area contributed by atoms with Gasteiger partial charge in [0.1, 0.15) is 0 Å². The number of halogens is 30. The van der Waals surface area contributed by atoms with Gasteiger partial charge in [-0.2, -0.15) is 96.6 Å². The van der Waals surface area contributed by atoms with E-state index in [1.165, 1.54) is 9.47 Å². The first-order valence-electron chi connectivity index (χ1n) is 10.9. The Morgan fingerprint density at radius 1 is 0.320 bits per heavy atom. The molecule has 0 spiro atoms. The Kier molecular flexibility index (Phi) is 7.96. The van der Waals surface area contributed by atoms with Gasteiger partial charge in [0.05, 0.1) is 10.7 Å². The van der Waals surface area contributed by atoms with Crippen LogP contribution in [0, 0.1) is 0 Å². The van der Waals surface area contributed by atoms with Crippen LogP contribution in [-0.4, -0.2) is 105 Å². The van der Waals surface area contributed by atoms with Crippen molar-refractivity contribution in [1.82, 2.24) is 10.7 Å². The van der Waals surface area contributed by atoms with E-state index in [1.54, 1.807) is 0 Å². The zero-order valence-electron chi connectivity index (χ0n) is 21.0. The molecule has 4 saturated carbocycles.